The maximum atomic E-state index is 11.3. The summed E-state index contributed by atoms with van der Waals surface area (Å²) in [7, 11) is 0. The number of carboxylic acids is 1. The molecule has 9 heteroatoms. The SMILES string of the molecule is CCCN(CCC)[C@@H]1Cc2ccc(O[C@@H]3O[C@H](C(=O)O)[C@@H](O)[C@H](O)[C@H]3O)c(O)c2C[C@H]1C. The van der Waals surface area contributed by atoms with Gasteiger partial charge in [-0.25, -0.2) is 4.79 Å². The number of ether oxygens (including phenoxy) is 2. The number of aliphatic hydroxyl groups is 3. The molecule has 0 radical (unpaired) electrons. The third-order valence-corrected chi connectivity index (χ3v) is 6.50. The summed E-state index contributed by atoms with van der Waals surface area (Å²) in [6.07, 6.45) is -4.95. The predicted molar refractivity (Wildman–Crippen MR) is 116 cm³/mol. The minimum atomic E-state index is -1.80. The number of aliphatic hydroxyl groups excluding tert-OH is 3. The second-order valence-electron chi connectivity index (χ2n) is 8.89. The van der Waals surface area contributed by atoms with Crippen LogP contribution in [0.15, 0.2) is 12.1 Å². The zero-order chi connectivity index (χ0) is 23.6. The van der Waals surface area contributed by atoms with E-state index in [1.54, 1.807) is 6.07 Å². The van der Waals surface area contributed by atoms with E-state index in [1.807, 2.05) is 6.07 Å². The number of nitrogens with zero attached hydrogens (tertiary/aromatic N) is 1. The first-order valence-electron chi connectivity index (χ1n) is 11.4. The minimum absolute atomic E-state index is 0.0325. The van der Waals surface area contributed by atoms with Crippen LogP contribution in [0.5, 0.6) is 11.5 Å². The fraction of sp³-hybridized carbons (Fsp3) is 0.696. The average Bonchev–Trinajstić information content (AvgIpc) is 2.75. The van der Waals surface area contributed by atoms with E-state index < -0.39 is 36.7 Å². The number of hydrogen-bond donors (Lipinski definition) is 5. The molecular formula is C23H35NO8. The van der Waals surface area contributed by atoms with Crippen molar-refractivity contribution in [3.63, 3.8) is 0 Å². The summed E-state index contributed by atoms with van der Waals surface area (Å²) < 4.78 is 10.8. The van der Waals surface area contributed by atoms with E-state index in [2.05, 4.69) is 25.7 Å². The van der Waals surface area contributed by atoms with Crippen molar-refractivity contribution in [1.29, 1.82) is 0 Å². The highest BCUT2D eigenvalue weighted by molar-refractivity contribution is 5.73. The first-order chi connectivity index (χ1) is 15.2. The molecule has 180 valence electrons. The average molecular weight is 454 g/mol. The zero-order valence-electron chi connectivity index (χ0n) is 18.8. The number of phenols is 1. The quantitative estimate of drug-likeness (QED) is 0.388. The van der Waals surface area contributed by atoms with Crippen LogP contribution in [0.25, 0.3) is 0 Å². The monoisotopic (exact) mass is 453 g/mol. The highest BCUT2D eigenvalue weighted by Crippen LogP contribution is 2.40. The van der Waals surface area contributed by atoms with Gasteiger partial charge in [0.25, 0.3) is 0 Å². The normalized spacial score (nSPS) is 32.5. The molecule has 32 heavy (non-hydrogen) atoms. The smallest absolute Gasteiger partial charge is 0.335 e. The van der Waals surface area contributed by atoms with Gasteiger partial charge in [-0.3, -0.25) is 4.90 Å². The second kappa shape index (κ2) is 10.4. The number of hydrogen-bond acceptors (Lipinski definition) is 8. The zero-order valence-corrected chi connectivity index (χ0v) is 18.8. The van der Waals surface area contributed by atoms with Crippen molar-refractivity contribution in [3.8, 4) is 11.5 Å². The van der Waals surface area contributed by atoms with Crippen molar-refractivity contribution in [2.75, 3.05) is 13.1 Å². The predicted octanol–water partition coefficient (Wildman–Crippen LogP) is 0.888. The van der Waals surface area contributed by atoms with Gasteiger partial charge in [0.1, 0.15) is 18.3 Å². The van der Waals surface area contributed by atoms with Crippen molar-refractivity contribution >= 4 is 5.97 Å². The number of benzene rings is 1. The molecule has 7 atom stereocenters. The van der Waals surface area contributed by atoms with E-state index in [4.69, 9.17) is 9.47 Å². The van der Waals surface area contributed by atoms with Gasteiger partial charge in [-0.15, -0.1) is 0 Å². The Bertz CT molecular complexity index is 796. The molecule has 1 aromatic carbocycles. The summed E-state index contributed by atoms with van der Waals surface area (Å²) in [4.78, 5) is 13.8. The Kier molecular flexibility index (Phi) is 8.00. The molecule has 0 amide bonds. The van der Waals surface area contributed by atoms with E-state index in [9.17, 15) is 30.3 Å². The van der Waals surface area contributed by atoms with Gasteiger partial charge in [0, 0.05) is 11.6 Å². The number of rotatable bonds is 8. The molecule has 1 aliphatic heterocycles. The third kappa shape index (κ3) is 4.87. The van der Waals surface area contributed by atoms with Gasteiger partial charge >= 0.3 is 5.97 Å². The summed E-state index contributed by atoms with van der Waals surface area (Å²) in [5, 5.41) is 50.1. The van der Waals surface area contributed by atoms with Crippen LogP contribution in [0.1, 0.15) is 44.7 Å². The van der Waals surface area contributed by atoms with E-state index in [1.165, 1.54) is 0 Å². The molecule has 1 saturated heterocycles. The molecule has 5 N–H and O–H groups in total. The van der Waals surface area contributed by atoms with Gasteiger partial charge in [0.15, 0.2) is 17.6 Å². The molecule has 1 aromatic rings. The van der Waals surface area contributed by atoms with Gasteiger partial charge < -0.3 is 35.0 Å². The topological polar surface area (TPSA) is 140 Å². The van der Waals surface area contributed by atoms with E-state index in [0.717, 1.165) is 43.5 Å². The minimum Gasteiger partial charge on any atom is -0.504 e. The molecule has 1 fully saturated rings. The van der Waals surface area contributed by atoms with Crippen molar-refractivity contribution in [2.45, 2.75) is 83.2 Å². The number of aromatic hydroxyl groups is 1. The molecule has 1 heterocycles. The Morgan fingerprint density at radius 2 is 1.75 bits per heavy atom. The van der Waals surface area contributed by atoms with Crippen LogP contribution in [-0.4, -0.2) is 86.2 Å². The van der Waals surface area contributed by atoms with Crippen LogP contribution < -0.4 is 4.74 Å². The Labute approximate surface area is 188 Å². The highest BCUT2D eigenvalue weighted by Gasteiger charge is 2.48. The van der Waals surface area contributed by atoms with Crippen LogP contribution in [0.4, 0.5) is 0 Å². The molecule has 0 saturated carbocycles. The molecule has 0 aromatic heterocycles. The van der Waals surface area contributed by atoms with Gasteiger partial charge in [0.2, 0.25) is 6.29 Å². The number of fused-ring (bicyclic) bond motifs is 1. The lowest BCUT2D eigenvalue weighted by Gasteiger charge is -2.40. The van der Waals surface area contributed by atoms with Gasteiger partial charge in [-0.2, -0.15) is 0 Å². The molecule has 0 unspecified atom stereocenters. The summed E-state index contributed by atoms with van der Waals surface area (Å²) >= 11 is 0. The van der Waals surface area contributed by atoms with E-state index >= 15 is 0 Å². The van der Waals surface area contributed by atoms with Crippen molar-refractivity contribution in [3.05, 3.63) is 23.3 Å². The van der Waals surface area contributed by atoms with Crippen molar-refractivity contribution in [2.24, 2.45) is 5.92 Å². The van der Waals surface area contributed by atoms with Crippen LogP contribution in [0.2, 0.25) is 0 Å². The van der Waals surface area contributed by atoms with Crippen molar-refractivity contribution < 1.29 is 39.8 Å². The van der Waals surface area contributed by atoms with E-state index in [0.29, 0.717) is 18.4 Å². The highest BCUT2D eigenvalue weighted by atomic mass is 16.7. The lowest BCUT2D eigenvalue weighted by molar-refractivity contribution is -0.271. The molecule has 9 nitrogen and oxygen atoms in total. The fourth-order valence-corrected chi connectivity index (χ4v) is 4.84. The van der Waals surface area contributed by atoms with Gasteiger partial charge in [0.05, 0.1) is 0 Å². The Morgan fingerprint density at radius 1 is 1.09 bits per heavy atom. The number of carboxylic acid groups (broad SMARTS) is 1. The molecule has 0 bridgehead atoms. The molecule has 0 spiro atoms. The van der Waals surface area contributed by atoms with Gasteiger partial charge in [-0.1, -0.05) is 26.8 Å². The largest absolute Gasteiger partial charge is 0.504 e. The van der Waals surface area contributed by atoms with Gasteiger partial charge in [-0.05, 0) is 56.3 Å². The number of aliphatic carboxylic acids is 1. The number of carbonyl (C=O) groups is 1. The maximum absolute atomic E-state index is 11.3. The van der Waals surface area contributed by atoms with Crippen LogP contribution in [0, 0.1) is 5.92 Å². The first-order valence-corrected chi connectivity index (χ1v) is 11.4. The molecular weight excluding hydrogens is 418 g/mol. The summed E-state index contributed by atoms with van der Waals surface area (Å²) in [5.74, 6) is -1.22. The summed E-state index contributed by atoms with van der Waals surface area (Å²) in [6.45, 7) is 8.57. The Morgan fingerprint density at radius 3 is 2.34 bits per heavy atom. The summed E-state index contributed by atoms with van der Waals surface area (Å²) in [6, 6.07) is 3.81. The lowest BCUT2D eigenvalue weighted by atomic mass is 9.79. The molecule has 2 aliphatic rings. The lowest BCUT2D eigenvalue weighted by Crippen LogP contribution is -2.61. The molecule has 3 rings (SSSR count). The van der Waals surface area contributed by atoms with E-state index in [-0.39, 0.29) is 11.5 Å². The molecule has 1 aliphatic carbocycles. The van der Waals surface area contributed by atoms with Crippen LogP contribution in [0.3, 0.4) is 0 Å². The van der Waals surface area contributed by atoms with Crippen LogP contribution in [-0.2, 0) is 22.4 Å². The summed E-state index contributed by atoms with van der Waals surface area (Å²) in [5.41, 5.74) is 1.79. The first kappa shape index (κ1) is 24.7. The Hall–Kier alpha value is -1.91. The standard InChI is InChI=1S/C23H35NO8/c1-4-8-24(9-5-2)15-11-13-6-7-16(17(25)14(13)10-12(15)3)31-23-20(28)18(26)19(27)21(32-23)22(29)30/h6-7,12,15,18-21,23,25-28H,4-5,8-11H2,1-3H3,(H,29,30)/t12-,15-,18+,19+,20-,21+,23-/m1/s1. The third-order valence-electron chi connectivity index (χ3n) is 6.50. The van der Waals surface area contributed by atoms with Crippen LogP contribution >= 0.6 is 0 Å². The Balaban J connectivity index is 1.81. The maximum Gasteiger partial charge on any atom is 0.335 e. The number of phenolic OH excluding ortho intramolecular Hbond substituents is 1. The second-order valence-corrected chi connectivity index (χ2v) is 8.89. The fourth-order valence-electron chi connectivity index (χ4n) is 4.84. The van der Waals surface area contributed by atoms with Crippen molar-refractivity contribution in [1.82, 2.24) is 4.90 Å².